The summed E-state index contributed by atoms with van der Waals surface area (Å²) in [5.41, 5.74) is 2.03. The van der Waals surface area contributed by atoms with Crippen molar-refractivity contribution in [2.24, 2.45) is 0 Å². The van der Waals surface area contributed by atoms with Gasteiger partial charge in [0, 0.05) is 44.8 Å². The number of piperazine rings is 1. The first kappa shape index (κ1) is 24.9. The minimum atomic E-state index is -1.82. The second kappa shape index (κ2) is 12.5. The topological polar surface area (TPSA) is 90.3 Å². The number of carboxylic acids is 2. The number of benzene rings is 3. The first-order valence-electron chi connectivity index (χ1n) is 10.9. The van der Waals surface area contributed by atoms with Crippen LogP contribution in [-0.2, 0) is 22.7 Å². The molecule has 7 nitrogen and oxygen atoms in total. The number of carboxylic acid groups (broad SMARTS) is 2. The van der Waals surface area contributed by atoms with Crippen molar-refractivity contribution in [1.29, 1.82) is 0 Å². The molecule has 0 atom stereocenters. The summed E-state index contributed by atoms with van der Waals surface area (Å²) in [6, 6.07) is 25.2. The molecule has 0 aliphatic carbocycles. The van der Waals surface area contributed by atoms with Crippen molar-refractivity contribution in [3.63, 3.8) is 0 Å². The van der Waals surface area contributed by atoms with Gasteiger partial charge in [0.25, 0.3) is 0 Å². The maximum atomic E-state index is 13.9. The number of nitrogens with zero attached hydrogens (tertiary/aromatic N) is 2. The van der Waals surface area contributed by atoms with Gasteiger partial charge in [-0.05, 0) is 35.9 Å². The molecule has 4 rings (SSSR count). The lowest BCUT2D eigenvalue weighted by atomic mass is 10.1. The Kier molecular flexibility index (Phi) is 9.13. The Hall–Kier alpha value is -3.75. The third kappa shape index (κ3) is 7.99. The van der Waals surface area contributed by atoms with E-state index in [0.29, 0.717) is 6.54 Å². The van der Waals surface area contributed by atoms with Crippen LogP contribution in [0, 0.1) is 5.82 Å². The Morgan fingerprint density at radius 1 is 0.735 bits per heavy atom. The van der Waals surface area contributed by atoms with Crippen LogP contribution in [0.15, 0.2) is 78.9 Å². The molecule has 0 amide bonds. The molecule has 2 N–H and O–H groups in total. The average Bonchev–Trinajstić information content (AvgIpc) is 2.83. The SMILES string of the molecule is Fc1ccccc1CN1CCN(Cc2cccc(Oc3ccccc3)c2)CC1.O=C(O)C(=O)O. The second-order valence-electron chi connectivity index (χ2n) is 7.82. The summed E-state index contributed by atoms with van der Waals surface area (Å²) in [4.78, 5) is 23.0. The predicted octanol–water partition coefficient (Wildman–Crippen LogP) is 4.09. The summed E-state index contributed by atoms with van der Waals surface area (Å²) in [6.45, 7) is 5.46. The molecule has 0 bridgehead atoms. The smallest absolute Gasteiger partial charge is 0.414 e. The van der Waals surface area contributed by atoms with E-state index in [1.165, 1.54) is 11.6 Å². The Morgan fingerprint density at radius 2 is 1.29 bits per heavy atom. The largest absolute Gasteiger partial charge is 0.473 e. The van der Waals surface area contributed by atoms with E-state index >= 15 is 0 Å². The van der Waals surface area contributed by atoms with Gasteiger partial charge in [0.1, 0.15) is 17.3 Å². The molecule has 3 aromatic carbocycles. The molecule has 0 spiro atoms. The number of aliphatic carboxylic acids is 2. The zero-order valence-electron chi connectivity index (χ0n) is 18.6. The lowest BCUT2D eigenvalue weighted by molar-refractivity contribution is -0.159. The number of hydrogen-bond donors (Lipinski definition) is 2. The van der Waals surface area contributed by atoms with Crippen LogP contribution in [0.25, 0.3) is 0 Å². The molecule has 1 fully saturated rings. The van der Waals surface area contributed by atoms with Crippen molar-refractivity contribution in [2.45, 2.75) is 13.1 Å². The highest BCUT2D eigenvalue weighted by atomic mass is 19.1. The Morgan fingerprint density at radius 3 is 1.91 bits per heavy atom. The lowest BCUT2D eigenvalue weighted by Gasteiger charge is -2.34. The highest BCUT2D eigenvalue weighted by Gasteiger charge is 2.18. The van der Waals surface area contributed by atoms with Gasteiger partial charge < -0.3 is 14.9 Å². The number of para-hydroxylation sites is 1. The van der Waals surface area contributed by atoms with E-state index in [0.717, 1.165) is 49.8 Å². The molecule has 0 unspecified atom stereocenters. The molecule has 1 heterocycles. The van der Waals surface area contributed by atoms with Gasteiger partial charge in [-0.25, -0.2) is 14.0 Å². The quantitative estimate of drug-likeness (QED) is 0.529. The summed E-state index contributed by atoms with van der Waals surface area (Å²) in [6.07, 6.45) is 0. The average molecular weight is 467 g/mol. The van der Waals surface area contributed by atoms with Gasteiger partial charge in [0.05, 0.1) is 0 Å². The predicted molar refractivity (Wildman–Crippen MR) is 125 cm³/mol. The molecule has 3 aromatic rings. The van der Waals surface area contributed by atoms with Crippen molar-refractivity contribution < 1.29 is 28.9 Å². The van der Waals surface area contributed by atoms with Gasteiger partial charge in [-0.1, -0.05) is 48.5 Å². The molecule has 8 heteroatoms. The fraction of sp³-hybridized carbons (Fsp3) is 0.231. The standard InChI is InChI=1S/C24H25FN2O.C2H2O4/c25-24-12-5-4-8-21(24)19-27-15-13-26(14-16-27)18-20-7-6-11-23(17-20)28-22-9-2-1-3-10-22;3-1(4)2(5)6/h1-12,17H,13-16,18-19H2;(H,3,4)(H,5,6). The van der Waals surface area contributed by atoms with Gasteiger partial charge in [-0.15, -0.1) is 0 Å². The van der Waals surface area contributed by atoms with E-state index in [1.54, 1.807) is 6.07 Å². The van der Waals surface area contributed by atoms with Gasteiger partial charge in [0.2, 0.25) is 0 Å². The zero-order valence-corrected chi connectivity index (χ0v) is 18.6. The Labute approximate surface area is 197 Å². The highest BCUT2D eigenvalue weighted by Crippen LogP contribution is 2.23. The fourth-order valence-electron chi connectivity index (χ4n) is 3.56. The van der Waals surface area contributed by atoms with Gasteiger partial charge >= 0.3 is 11.9 Å². The molecular formula is C26H27FN2O5. The Balaban J connectivity index is 0.000000481. The van der Waals surface area contributed by atoms with Crippen LogP contribution in [0.5, 0.6) is 11.5 Å². The van der Waals surface area contributed by atoms with Crippen LogP contribution in [0.3, 0.4) is 0 Å². The van der Waals surface area contributed by atoms with Crippen LogP contribution < -0.4 is 4.74 Å². The number of ether oxygens (including phenoxy) is 1. The maximum Gasteiger partial charge on any atom is 0.414 e. The van der Waals surface area contributed by atoms with Gasteiger partial charge in [-0.3, -0.25) is 9.80 Å². The summed E-state index contributed by atoms with van der Waals surface area (Å²) in [5.74, 6) is -2.05. The van der Waals surface area contributed by atoms with E-state index in [4.69, 9.17) is 24.5 Å². The molecular weight excluding hydrogens is 439 g/mol. The monoisotopic (exact) mass is 466 g/mol. The molecule has 1 saturated heterocycles. The molecule has 1 aliphatic heterocycles. The normalized spacial score (nSPS) is 14.0. The highest BCUT2D eigenvalue weighted by molar-refractivity contribution is 6.27. The van der Waals surface area contributed by atoms with Crippen molar-refractivity contribution in [2.75, 3.05) is 26.2 Å². The maximum absolute atomic E-state index is 13.9. The van der Waals surface area contributed by atoms with Crippen LogP contribution >= 0.6 is 0 Å². The first-order chi connectivity index (χ1) is 16.4. The van der Waals surface area contributed by atoms with Crippen LogP contribution in [0.4, 0.5) is 4.39 Å². The third-order valence-electron chi connectivity index (χ3n) is 5.28. The molecule has 0 aromatic heterocycles. The summed E-state index contributed by atoms with van der Waals surface area (Å²) in [5, 5.41) is 14.8. The van der Waals surface area contributed by atoms with Crippen LogP contribution in [0.2, 0.25) is 0 Å². The Bertz CT molecular complexity index is 1070. The number of halogens is 1. The van der Waals surface area contributed by atoms with Gasteiger partial charge in [-0.2, -0.15) is 0 Å². The molecule has 0 radical (unpaired) electrons. The third-order valence-corrected chi connectivity index (χ3v) is 5.28. The second-order valence-corrected chi connectivity index (χ2v) is 7.82. The van der Waals surface area contributed by atoms with Crippen molar-refractivity contribution >= 4 is 11.9 Å². The summed E-state index contributed by atoms with van der Waals surface area (Å²) in [7, 11) is 0. The van der Waals surface area contributed by atoms with E-state index in [-0.39, 0.29) is 5.82 Å². The number of hydrogen-bond acceptors (Lipinski definition) is 5. The van der Waals surface area contributed by atoms with E-state index < -0.39 is 11.9 Å². The van der Waals surface area contributed by atoms with Crippen LogP contribution in [-0.4, -0.2) is 58.1 Å². The minimum Gasteiger partial charge on any atom is -0.473 e. The van der Waals surface area contributed by atoms with E-state index in [1.807, 2.05) is 54.6 Å². The fourth-order valence-corrected chi connectivity index (χ4v) is 3.56. The minimum absolute atomic E-state index is 0.111. The molecule has 1 aliphatic rings. The van der Waals surface area contributed by atoms with Crippen molar-refractivity contribution in [1.82, 2.24) is 9.80 Å². The molecule has 0 saturated carbocycles. The number of rotatable bonds is 6. The van der Waals surface area contributed by atoms with Crippen molar-refractivity contribution in [3.05, 3.63) is 95.8 Å². The first-order valence-corrected chi connectivity index (χ1v) is 10.9. The lowest BCUT2D eigenvalue weighted by Crippen LogP contribution is -2.45. The van der Waals surface area contributed by atoms with E-state index in [2.05, 4.69) is 21.9 Å². The number of carbonyl (C=O) groups is 2. The molecule has 34 heavy (non-hydrogen) atoms. The zero-order chi connectivity index (χ0) is 24.3. The van der Waals surface area contributed by atoms with Crippen LogP contribution in [0.1, 0.15) is 11.1 Å². The van der Waals surface area contributed by atoms with Gasteiger partial charge in [0.15, 0.2) is 0 Å². The van der Waals surface area contributed by atoms with E-state index in [9.17, 15) is 4.39 Å². The van der Waals surface area contributed by atoms with Crippen molar-refractivity contribution in [3.8, 4) is 11.5 Å². The summed E-state index contributed by atoms with van der Waals surface area (Å²) < 4.78 is 19.8. The molecule has 178 valence electrons. The summed E-state index contributed by atoms with van der Waals surface area (Å²) >= 11 is 0.